The summed E-state index contributed by atoms with van der Waals surface area (Å²) in [4.78, 5) is 10.7. The molecule has 1 aromatic carbocycles. The summed E-state index contributed by atoms with van der Waals surface area (Å²) in [5.74, 6) is 0.774. The van der Waals surface area contributed by atoms with Crippen molar-refractivity contribution in [3.63, 3.8) is 0 Å². The molecule has 0 saturated carbocycles. The highest BCUT2D eigenvalue weighted by molar-refractivity contribution is 9.10. The van der Waals surface area contributed by atoms with E-state index in [1.807, 2.05) is 12.1 Å². The smallest absolute Gasteiger partial charge is 0.321 e. The maximum atomic E-state index is 5.70. The van der Waals surface area contributed by atoms with E-state index in [-0.39, 0.29) is 0 Å². The molecule has 2 aromatic rings. The predicted octanol–water partition coefficient (Wildman–Crippen LogP) is 3.30. The first-order valence-electron chi connectivity index (χ1n) is 7.84. The van der Waals surface area contributed by atoms with Crippen LogP contribution < -0.4 is 4.74 Å². The van der Waals surface area contributed by atoms with Crippen LogP contribution in [-0.2, 0) is 11.2 Å². The molecule has 0 unspecified atom stereocenters. The van der Waals surface area contributed by atoms with Gasteiger partial charge in [0.15, 0.2) is 0 Å². The Bertz CT molecular complexity index is 615. The minimum absolute atomic E-state index is 0.360. The molecule has 1 aromatic heterocycles. The Morgan fingerprint density at radius 3 is 2.74 bits per heavy atom. The molecule has 23 heavy (non-hydrogen) atoms. The Labute approximate surface area is 144 Å². The molecular formula is C17H20BrN3O2. The normalized spacial score (nSPS) is 15.5. The topological polar surface area (TPSA) is 47.5 Å². The van der Waals surface area contributed by atoms with Crippen LogP contribution in [0.3, 0.4) is 0 Å². The van der Waals surface area contributed by atoms with Crippen molar-refractivity contribution in [3.8, 4) is 11.8 Å². The second-order valence-corrected chi connectivity index (χ2v) is 6.41. The van der Waals surface area contributed by atoms with Crippen LogP contribution in [0.25, 0.3) is 0 Å². The molecule has 0 atom stereocenters. The van der Waals surface area contributed by atoms with Crippen molar-refractivity contribution >= 4 is 15.9 Å². The summed E-state index contributed by atoms with van der Waals surface area (Å²) >= 11 is 3.31. The summed E-state index contributed by atoms with van der Waals surface area (Å²) < 4.78 is 11.9. The van der Waals surface area contributed by atoms with Crippen LogP contribution in [0.4, 0.5) is 0 Å². The first-order valence-corrected chi connectivity index (χ1v) is 8.63. The van der Waals surface area contributed by atoms with Gasteiger partial charge in [-0.1, -0.05) is 12.1 Å². The number of rotatable bonds is 6. The van der Waals surface area contributed by atoms with Gasteiger partial charge in [0.25, 0.3) is 0 Å². The minimum Gasteiger partial charge on any atom is -0.424 e. The highest BCUT2D eigenvalue weighted by Crippen LogP contribution is 2.20. The number of hydrogen-bond donors (Lipinski definition) is 0. The molecule has 0 spiro atoms. The lowest BCUT2D eigenvalue weighted by Gasteiger charge is -2.26. The van der Waals surface area contributed by atoms with Gasteiger partial charge in [-0.15, -0.1) is 0 Å². The number of nitrogens with zero attached hydrogens (tertiary/aromatic N) is 3. The zero-order valence-corrected chi connectivity index (χ0v) is 14.5. The Kier molecular flexibility index (Phi) is 5.96. The second kappa shape index (κ2) is 8.38. The summed E-state index contributed by atoms with van der Waals surface area (Å²) in [6.07, 6.45) is 5.52. The molecule has 3 rings (SSSR count). The molecule has 0 aliphatic carbocycles. The van der Waals surface area contributed by atoms with Gasteiger partial charge < -0.3 is 9.47 Å². The van der Waals surface area contributed by atoms with E-state index in [0.717, 1.165) is 55.9 Å². The molecule has 0 radical (unpaired) electrons. The van der Waals surface area contributed by atoms with Crippen LogP contribution in [-0.4, -0.2) is 47.7 Å². The summed E-state index contributed by atoms with van der Waals surface area (Å²) in [7, 11) is 0. The summed E-state index contributed by atoms with van der Waals surface area (Å²) in [5, 5.41) is 0. The van der Waals surface area contributed by atoms with Crippen molar-refractivity contribution in [2.24, 2.45) is 0 Å². The van der Waals surface area contributed by atoms with Gasteiger partial charge in [0.05, 0.1) is 17.7 Å². The van der Waals surface area contributed by atoms with E-state index >= 15 is 0 Å². The molecule has 6 heteroatoms. The Hall–Kier alpha value is -1.50. The predicted molar refractivity (Wildman–Crippen MR) is 91.8 cm³/mol. The standard InChI is InChI=1S/C17H20BrN3O2/c18-15-12-19-17(20-13-15)23-16-5-1-3-14(11-16)4-2-6-21-7-9-22-10-8-21/h1,3,5,11-13H,2,4,6-10H2. The van der Waals surface area contributed by atoms with E-state index < -0.39 is 0 Å². The van der Waals surface area contributed by atoms with Gasteiger partial charge in [0, 0.05) is 25.5 Å². The van der Waals surface area contributed by atoms with Gasteiger partial charge in [-0.2, -0.15) is 0 Å². The van der Waals surface area contributed by atoms with Crippen molar-refractivity contribution in [2.45, 2.75) is 12.8 Å². The van der Waals surface area contributed by atoms with Gasteiger partial charge in [-0.05, 0) is 53.0 Å². The van der Waals surface area contributed by atoms with Gasteiger partial charge >= 0.3 is 6.01 Å². The van der Waals surface area contributed by atoms with Gasteiger partial charge in [-0.25, -0.2) is 9.97 Å². The zero-order valence-electron chi connectivity index (χ0n) is 12.9. The monoisotopic (exact) mass is 377 g/mol. The number of aryl methyl sites for hydroxylation is 1. The van der Waals surface area contributed by atoms with Crippen LogP contribution in [0.5, 0.6) is 11.8 Å². The number of benzene rings is 1. The SMILES string of the molecule is Brc1cnc(Oc2cccc(CCCN3CCOCC3)c2)nc1. The third-order valence-electron chi connectivity index (χ3n) is 3.75. The molecule has 1 fully saturated rings. The van der Waals surface area contributed by atoms with Crippen molar-refractivity contribution < 1.29 is 9.47 Å². The van der Waals surface area contributed by atoms with E-state index in [2.05, 4.69) is 42.9 Å². The average molecular weight is 378 g/mol. The zero-order chi connectivity index (χ0) is 15.9. The molecule has 2 heterocycles. The first kappa shape index (κ1) is 16.4. The largest absolute Gasteiger partial charge is 0.424 e. The van der Waals surface area contributed by atoms with Crippen LogP contribution in [0.15, 0.2) is 41.1 Å². The molecule has 1 aliphatic rings. The Morgan fingerprint density at radius 1 is 1.17 bits per heavy atom. The maximum absolute atomic E-state index is 5.70. The lowest BCUT2D eigenvalue weighted by atomic mass is 10.1. The van der Waals surface area contributed by atoms with Crippen LogP contribution >= 0.6 is 15.9 Å². The molecule has 5 nitrogen and oxygen atoms in total. The summed E-state index contributed by atoms with van der Waals surface area (Å²) in [6, 6.07) is 8.49. The number of hydrogen-bond acceptors (Lipinski definition) is 5. The lowest BCUT2D eigenvalue weighted by Crippen LogP contribution is -2.36. The van der Waals surface area contributed by atoms with E-state index in [0.29, 0.717) is 6.01 Å². The number of aromatic nitrogens is 2. The number of morpholine rings is 1. The van der Waals surface area contributed by atoms with Crippen molar-refractivity contribution in [2.75, 3.05) is 32.8 Å². The lowest BCUT2D eigenvalue weighted by molar-refractivity contribution is 0.0375. The van der Waals surface area contributed by atoms with Crippen molar-refractivity contribution in [1.29, 1.82) is 0 Å². The van der Waals surface area contributed by atoms with Crippen LogP contribution in [0, 0.1) is 0 Å². The summed E-state index contributed by atoms with van der Waals surface area (Å²) in [5.41, 5.74) is 1.27. The second-order valence-electron chi connectivity index (χ2n) is 5.49. The molecule has 1 aliphatic heterocycles. The average Bonchev–Trinajstić information content (AvgIpc) is 2.58. The fourth-order valence-electron chi connectivity index (χ4n) is 2.55. The molecular weight excluding hydrogens is 358 g/mol. The molecule has 0 N–H and O–H groups in total. The summed E-state index contributed by atoms with van der Waals surface area (Å²) in [6.45, 7) is 4.92. The van der Waals surface area contributed by atoms with Crippen molar-refractivity contribution in [1.82, 2.24) is 14.9 Å². The number of halogens is 1. The minimum atomic E-state index is 0.360. The molecule has 0 amide bonds. The van der Waals surface area contributed by atoms with Crippen molar-refractivity contribution in [3.05, 3.63) is 46.7 Å². The van der Waals surface area contributed by atoms with E-state index in [1.54, 1.807) is 12.4 Å². The number of ether oxygens (including phenoxy) is 2. The highest BCUT2D eigenvalue weighted by Gasteiger charge is 2.09. The third kappa shape index (κ3) is 5.27. The van der Waals surface area contributed by atoms with E-state index in [1.165, 1.54) is 5.56 Å². The molecule has 0 bridgehead atoms. The van der Waals surface area contributed by atoms with Gasteiger partial charge in [0.2, 0.25) is 0 Å². The van der Waals surface area contributed by atoms with Gasteiger partial charge in [0.1, 0.15) is 5.75 Å². The Morgan fingerprint density at radius 2 is 1.96 bits per heavy atom. The van der Waals surface area contributed by atoms with Crippen LogP contribution in [0.1, 0.15) is 12.0 Å². The van der Waals surface area contributed by atoms with Crippen LogP contribution in [0.2, 0.25) is 0 Å². The first-order chi connectivity index (χ1) is 11.3. The molecule has 122 valence electrons. The quantitative estimate of drug-likeness (QED) is 0.772. The van der Waals surface area contributed by atoms with Gasteiger partial charge in [-0.3, -0.25) is 4.90 Å². The third-order valence-corrected chi connectivity index (χ3v) is 4.16. The fraction of sp³-hybridized carbons (Fsp3) is 0.412. The molecule has 1 saturated heterocycles. The maximum Gasteiger partial charge on any atom is 0.321 e. The van der Waals surface area contributed by atoms with E-state index in [4.69, 9.17) is 9.47 Å². The Balaban J connectivity index is 1.51. The van der Waals surface area contributed by atoms with E-state index in [9.17, 15) is 0 Å². The highest BCUT2D eigenvalue weighted by atomic mass is 79.9. The fourth-order valence-corrected chi connectivity index (χ4v) is 2.76.